The van der Waals surface area contributed by atoms with Crippen molar-refractivity contribution in [3.05, 3.63) is 65.2 Å². The summed E-state index contributed by atoms with van der Waals surface area (Å²) in [6.07, 6.45) is 0. The van der Waals surface area contributed by atoms with Crippen molar-refractivity contribution in [3.63, 3.8) is 0 Å². The highest BCUT2D eigenvalue weighted by Crippen LogP contribution is 2.26. The van der Waals surface area contributed by atoms with Crippen molar-refractivity contribution < 1.29 is 4.74 Å². The van der Waals surface area contributed by atoms with E-state index in [4.69, 9.17) is 10.00 Å². The number of nitriles is 1. The van der Waals surface area contributed by atoms with Gasteiger partial charge in [0, 0.05) is 17.6 Å². The first-order valence-corrected chi connectivity index (χ1v) is 7.04. The minimum Gasteiger partial charge on any atom is -0.496 e. The maximum atomic E-state index is 8.99. The molecule has 0 saturated carbocycles. The molecule has 2 atom stereocenters. The van der Waals surface area contributed by atoms with E-state index < -0.39 is 0 Å². The molecular formula is C18H20N2O. The molecule has 3 heteroatoms. The molecule has 0 aliphatic rings. The number of nitrogens with one attached hydrogen (secondary N) is 1. The van der Waals surface area contributed by atoms with Crippen molar-refractivity contribution in [2.45, 2.75) is 25.9 Å². The van der Waals surface area contributed by atoms with Crippen molar-refractivity contribution in [3.8, 4) is 11.8 Å². The minimum atomic E-state index is 0.151. The molecule has 0 saturated heterocycles. The van der Waals surface area contributed by atoms with Crippen LogP contribution in [0, 0.1) is 11.3 Å². The minimum absolute atomic E-state index is 0.151. The van der Waals surface area contributed by atoms with Gasteiger partial charge in [-0.05, 0) is 37.6 Å². The van der Waals surface area contributed by atoms with E-state index in [9.17, 15) is 0 Å². The average molecular weight is 280 g/mol. The lowest BCUT2D eigenvalue weighted by Gasteiger charge is -2.22. The summed E-state index contributed by atoms with van der Waals surface area (Å²) in [6, 6.07) is 18.2. The second kappa shape index (κ2) is 6.92. The van der Waals surface area contributed by atoms with Crippen LogP contribution in [0.2, 0.25) is 0 Å². The molecule has 0 spiro atoms. The summed E-state index contributed by atoms with van der Waals surface area (Å²) in [5, 5.41) is 12.5. The Kier molecular flexibility index (Phi) is 4.97. The summed E-state index contributed by atoms with van der Waals surface area (Å²) < 4.78 is 5.41. The number of hydrogen-bond acceptors (Lipinski definition) is 3. The number of methoxy groups -OCH3 is 1. The maximum Gasteiger partial charge on any atom is 0.123 e. The van der Waals surface area contributed by atoms with Crippen molar-refractivity contribution >= 4 is 0 Å². The van der Waals surface area contributed by atoms with Crippen LogP contribution in [0.4, 0.5) is 0 Å². The van der Waals surface area contributed by atoms with Gasteiger partial charge in [-0.1, -0.05) is 30.3 Å². The van der Waals surface area contributed by atoms with Gasteiger partial charge in [-0.15, -0.1) is 0 Å². The number of para-hydroxylation sites is 1. The Hall–Kier alpha value is -2.31. The van der Waals surface area contributed by atoms with E-state index in [1.54, 1.807) is 7.11 Å². The second-order valence-corrected chi connectivity index (χ2v) is 5.09. The van der Waals surface area contributed by atoms with E-state index in [1.807, 2.05) is 42.5 Å². The first-order chi connectivity index (χ1) is 10.2. The molecule has 21 heavy (non-hydrogen) atoms. The molecule has 3 nitrogen and oxygen atoms in total. The summed E-state index contributed by atoms with van der Waals surface area (Å²) in [5.41, 5.74) is 2.92. The zero-order chi connectivity index (χ0) is 15.2. The van der Waals surface area contributed by atoms with Gasteiger partial charge in [0.25, 0.3) is 0 Å². The fraction of sp³-hybridized carbons (Fsp3) is 0.278. The van der Waals surface area contributed by atoms with Crippen LogP contribution in [0.1, 0.15) is 42.6 Å². The normalized spacial score (nSPS) is 13.2. The largest absolute Gasteiger partial charge is 0.496 e. The van der Waals surface area contributed by atoms with Crippen LogP contribution >= 0.6 is 0 Å². The fourth-order valence-corrected chi connectivity index (χ4v) is 2.46. The van der Waals surface area contributed by atoms with E-state index in [-0.39, 0.29) is 12.1 Å². The maximum absolute atomic E-state index is 8.99. The van der Waals surface area contributed by atoms with Gasteiger partial charge in [0.2, 0.25) is 0 Å². The molecule has 0 aliphatic heterocycles. The van der Waals surface area contributed by atoms with Crippen LogP contribution < -0.4 is 10.1 Å². The van der Waals surface area contributed by atoms with E-state index in [1.165, 1.54) is 0 Å². The highest BCUT2D eigenvalue weighted by Gasteiger charge is 2.14. The molecule has 108 valence electrons. The Labute approximate surface area is 126 Å². The molecule has 2 aromatic rings. The summed E-state index contributed by atoms with van der Waals surface area (Å²) in [5.74, 6) is 0.885. The summed E-state index contributed by atoms with van der Waals surface area (Å²) in [7, 11) is 1.69. The van der Waals surface area contributed by atoms with Crippen LogP contribution in [0.5, 0.6) is 5.75 Å². The summed E-state index contributed by atoms with van der Waals surface area (Å²) in [6.45, 7) is 4.21. The van der Waals surface area contributed by atoms with E-state index in [0.717, 1.165) is 16.9 Å². The van der Waals surface area contributed by atoms with E-state index in [2.05, 4.69) is 31.3 Å². The standard InChI is InChI=1S/C18H20N2O/c1-13(16-8-6-7-15(11-16)12-19)20-14(2)17-9-4-5-10-18(17)21-3/h4-11,13-14,20H,1-3H3/t13?,14-/m1/s1. The Morgan fingerprint density at radius 3 is 2.52 bits per heavy atom. The Bertz CT molecular complexity index is 646. The van der Waals surface area contributed by atoms with Crippen LogP contribution in [-0.2, 0) is 0 Å². The summed E-state index contributed by atoms with van der Waals surface area (Å²) >= 11 is 0. The number of rotatable bonds is 5. The molecule has 0 amide bonds. The smallest absolute Gasteiger partial charge is 0.123 e. The van der Waals surface area contributed by atoms with E-state index in [0.29, 0.717) is 5.56 Å². The quantitative estimate of drug-likeness (QED) is 0.901. The monoisotopic (exact) mass is 280 g/mol. The van der Waals surface area contributed by atoms with Gasteiger partial charge in [0.1, 0.15) is 5.75 Å². The van der Waals surface area contributed by atoms with Crippen molar-refractivity contribution in [2.75, 3.05) is 7.11 Å². The van der Waals surface area contributed by atoms with Crippen molar-refractivity contribution in [1.29, 1.82) is 5.26 Å². The zero-order valence-corrected chi connectivity index (χ0v) is 12.6. The topological polar surface area (TPSA) is 45.0 Å². The number of hydrogen-bond donors (Lipinski definition) is 1. The Balaban J connectivity index is 2.15. The number of ether oxygens (including phenoxy) is 1. The third kappa shape index (κ3) is 3.62. The fourth-order valence-electron chi connectivity index (χ4n) is 2.46. The summed E-state index contributed by atoms with van der Waals surface area (Å²) in [4.78, 5) is 0. The highest BCUT2D eigenvalue weighted by molar-refractivity contribution is 5.37. The molecular weight excluding hydrogens is 260 g/mol. The average Bonchev–Trinajstić information content (AvgIpc) is 2.54. The van der Waals surface area contributed by atoms with Gasteiger partial charge in [-0.3, -0.25) is 0 Å². The van der Waals surface area contributed by atoms with Gasteiger partial charge >= 0.3 is 0 Å². The molecule has 2 rings (SSSR count). The van der Waals surface area contributed by atoms with Crippen LogP contribution in [0.3, 0.4) is 0 Å². The highest BCUT2D eigenvalue weighted by atomic mass is 16.5. The molecule has 1 unspecified atom stereocenters. The van der Waals surface area contributed by atoms with Gasteiger partial charge in [0.05, 0.1) is 18.7 Å². The van der Waals surface area contributed by atoms with Crippen molar-refractivity contribution in [1.82, 2.24) is 5.32 Å². The Morgan fingerprint density at radius 1 is 1.05 bits per heavy atom. The number of nitrogens with zero attached hydrogens (tertiary/aromatic N) is 1. The predicted octanol–water partition coefficient (Wildman–Crippen LogP) is 3.98. The third-order valence-electron chi connectivity index (χ3n) is 3.62. The molecule has 0 aliphatic carbocycles. The van der Waals surface area contributed by atoms with Crippen LogP contribution in [0.25, 0.3) is 0 Å². The lowest BCUT2D eigenvalue weighted by molar-refractivity contribution is 0.396. The Morgan fingerprint density at radius 2 is 1.81 bits per heavy atom. The van der Waals surface area contributed by atoms with Gasteiger partial charge in [-0.25, -0.2) is 0 Å². The molecule has 0 heterocycles. The predicted molar refractivity (Wildman–Crippen MR) is 84.1 cm³/mol. The van der Waals surface area contributed by atoms with Crippen LogP contribution in [0.15, 0.2) is 48.5 Å². The van der Waals surface area contributed by atoms with Gasteiger partial charge in [0.15, 0.2) is 0 Å². The molecule has 0 fully saturated rings. The molecule has 0 bridgehead atoms. The molecule has 0 aromatic heterocycles. The lowest BCUT2D eigenvalue weighted by Crippen LogP contribution is -2.23. The molecule has 0 radical (unpaired) electrons. The second-order valence-electron chi connectivity index (χ2n) is 5.09. The van der Waals surface area contributed by atoms with Gasteiger partial charge in [-0.2, -0.15) is 5.26 Å². The SMILES string of the molecule is COc1ccccc1[C@@H](C)NC(C)c1cccc(C#N)c1. The third-order valence-corrected chi connectivity index (χ3v) is 3.62. The van der Waals surface area contributed by atoms with Crippen molar-refractivity contribution in [2.24, 2.45) is 0 Å². The first-order valence-electron chi connectivity index (χ1n) is 7.04. The van der Waals surface area contributed by atoms with Crippen LogP contribution in [-0.4, -0.2) is 7.11 Å². The molecule has 2 aromatic carbocycles. The zero-order valence-electron chi connectivity index (χ0n) is 12.6. The lowest BCUT2D eigenvalue weighted by atomic mass is 10.0. The van der Waals surface area contributed by atoms with Gasteiger partial charge < -0.3 is 10.1 Å². The van der Waals surface area contributed by atoms with E-state index >= 15 is 0 Å². The molecule has 1 N–H and O–H groups in total. The first kappa shape index (κ1) is 15.1. The number of benzene rings is 2.